The van der Waals surface area contributed by atoms with Crippen molar-refractivity contribution >= 4 is 45.6 Å². The highest BCUT2D eigenvalue weighted by Crippen LogP contribution is 2.55. The molecule has 5 fully saturated rings. The molecule has 2 amide bonds. The molecule has 1 atom stereocenters. The van der Waals surface area contributed by atoms with Crippen LogP contribution in [-0.4, -0.2) is 73.0 Å². The predicted octanol–water partition coefficient (Wildman–Crippen LogP) is 7.63. The van der Waals surface area contributed by atoms with Gasteiger partial charge in [-0.15, -0.1) is 0 Å². The normalized spacial score (nSPS) is 24.2. The van der Waals surface area contributed by atoms with E-state index in [-0.39, 0.29) is 40.3 Å². The van der Waals surface area contributed by atoms with Crippen LogP contribution in [0.3, 0.4) is 0 Å². The van der Waals surface area contributed by atoms with Crippen LogP contribution in [0, 0.1) is 28.1 Å². The number of halogens is 1. The molecule has 13 heteroatoms. The van der Waals surface area contributed by atoms with Crippen LogP contribution in [0.5, 0.6) is 5.75 Å². The highest BCUT2D eigenvalue weighted by atomic mass is 35.5. The molecule has 5 aliphatic rings. The fraction of sp³-hybridized carbons (Fsp3) is 0.460. The number of anilines is 2. The minimum absolute atomic E-state index is 0.114. The quantitative estimate of drug-likeness (QED) is 0.147. The molecule has 63 heavy (non-hydrogen) atoms. The highest BCUT2D eigenvalue weighted by Gasteiger charge is 2.64. The zero-order valence-corrected chi connectivity index (χ0v) is 37.4. The smallest absolute Gasteiger partial charge is 0.275 e. The van der Waals surface area contributed by atoms with Crippen LogP contribution in [0.15, 0.2) is 89.4 Å². The Bertz CT molecular complexity index is 2560. The number of ether oxygens (including phenoxy) is 1. The van der Waals surface area contributed by atoms with Gasteiger partial charge in [0, 0.05) is 96.1 Å². The van der Waals surface area contributed by atoms with E-state index in [9.17, 15) is 19.6 Å². The summed E-state index contributed by atoms with van der Waals surface area (Å²) in [5.41, 5.74) is 4.13. The van der Waals surface area contributed by atoms with Crippen LogP contribution in [0.2, 0.25) is 5.02 Å². The number of allylic oxidation sites excluding steroid dienone is 4. The third kappa shape index (κ3) is 8.45. The van der Waals surface area contributed by atoms with E-state index >= 15 is 0 Å². The molecule has 0 radical (unpaired) electrons. The van der Waals surface area contributed by atoms with Crippen molar-refractivity contribution in [1.82, 2.24) is 25.7 Å². The van der Waals surface area contributed by atoms with Gasteiger partial charge in [0.1, 0.15) is 24.0 Å². The van der Waals surface area contributed by atoms with E-state index in [2.05, 4.69) is 77.7 Å². The van der Waals surface area contributed by atoms with Crippen molar-refractivity contribution in [3.8, 4) is 11.8 Å². The Morgan fingerprint density at radius 3 is 2.25 bits per heavy atom. The summed E-state index contributed by atoms with van der Waals surface area (Å²) in [4.78, 5) is 45.6. The van der Waals surface area contributed by atoms with E-state index < -0.39 is 6.04 Å². The molecule has 12 nitrogen and oxygen atoms in total. The molecule has 3 aromatic carbocycles. The Morgan fingerprint density at radius 2 is 1.59 bits per heavy atom. The number of piperazine rings is 1. The number of nitrogens with zero attached hydrogens (tertiary/aromatic N) is 5. The zero-order valence-electron chi connectivity index (χ0n) is 36.6. The van der Waals surface area contributed by atoms with Gasteiger partial charge in [-0.1, -0.05) is 51.4 Å². The minimum Gasteiger partial charge on any atom is -0.489 e. The van der Waals surface area contributed by atoms with Crippen LogP contribution < -0.4 is 36.0 Å². The Kier molecular flexibility index (Phi) is 11.6. The first-order valence-corrected chi connectivity index (χ1v) is 22.9. The number of piperidine rings is 2. The first-order valence-electron chi connectivity index (χ1n) is 22.5. The number of hydrogen-bond acceptors (Lipinski definition) is 9. The van der Waals surface area contributed by atoms with Crippen molar-refractivity contribution in [1.29, 1.82) is 5.26 Å². The van der Waals surface area contributed by atoms with Gasteiger partial charge in [0.25, 0.3) is 11.5 Å². The molecule has 0 spiro atoms. The molecular weight excluding hydrogens is 812 g/mol. The Balaban J connectivity index is 0.762. The summed E-state index contributed by atoms with van der Waals surface area (Å²) in [6, 6.07) is 20.4. The largest absolute Gasteiger partial charge is 0.489 e. The second-order valence-electron chi connectivity index (χ2n) is 19.2. The maximum absolute atomic E-state index is 13.8. The van der Waals surface area contributed by atoms with E-state index in [0.717, 1.165) is 93.1 Å². The van der Waals surface area contributed by atoms with Gasteiger partial charge in [-0.3, -0.25) is 14.4 Å². The molecule has 1 aromatic heterocycles. The maximum atomic E-state index is 13.8. The lowest BCUT2D eigenvalue weighted by atomic mass is 9.49. The summed E-state index contributed by atoms with van der Waals surface area (Å²) in [5.74, 6) is 1.04. The highest BCUT2D eigenvalue weighted by molar-refractivity contribution is 6.31. The van der Waals surface area contributed by atoms with Crippen molar-refractivity contribution in [2.75, 3.05) is 49.1 Å². The van der Waals surface area contributed by atoms with Gasteiger partial charge < -0.3 is 30.5 Å². The van der Waals surface area contributed by atoms with E-state index in [1.807, 2.05) is 42.5 Å². The second-order valence-corrected chi connectivity index (χ2v) is 19.6. The van der Waals surface area contributed by atoms with Crippen molar-refractivity contribution in [2.45, 2.75) is 90.3 Å². The van der Waals surface area contributed by atoms with Crippen molar-refractivity contribution in [2.24, 2.45) is 16.7 Å². The molecule has 328 valence electrons. The predicted molar refractivity (Wildman–Crippen MR) is 247 cm³/mol. The molecule has 1 unspecified atom stereocenters. The molecule has 3 saturated heterocycles. The lowest BCUT2D eigenvalue weighted by Gasteiger charge is -2.63. The van der Waals surface area contributed by atoms with Crippen LogP contribution in [0.25, 0.3) is 10.8 Å². The van der Waals surface area contributed by atoms with Crippen molar-refractivity contribution in [3.63, 3.8) is 0 Å². The van der Waals surface area contributed by atoms with Gasteiger partial charge in [-0.05, 0) is 105 Å². The number of hydrogen-bond donors (Lipinski definition) is 3. The number of carbonyl (C=O) groups is 2. The number of amides is 2. The average molecular weight is 870 g/mol. The fourth-order valence-corrected chi connectivity index (χ4v) is 10.9. The molecule has 2 aliphatic carbocycles. The standard InChI is InChI=1S/C50H57ClN8O4/c1-49(2)47(50(3,4)48(49)63-38-17-12-34(30-52)41(51)29-38)55-44(60)33-10-14-36(15-11-33)57-24-20-31(21-25-57)6-5-7-35-13-19-42(45(61)54-35)59-46(62)39-18-16-37(58-26-22-53-23-27-58)28-40(39)43(56-59)32-8-9-32/h5-7,10-12,14-18,28-29,31-32,42,47-48,53H,8-9,13,19-27H2,1-4H3,(H,54,61)(H,55,60)/b6-5+,35-7-/t42?,47-,48-. The van der Waals surface area contributed by atoms with Gasteiger partial charge in [-0.2, -0.15) is 10.4 Å². The Morgan fingerprint density at radius 1 is 0.889 bits per heavy atom. The number of aromatic nitrogens is 2. The van der Waals surface area contributed by atoms with Gasteiger partial charge in [0.15, 0.2) is 0 Å². The number of rotatable bonds is 10. The molecule has 2 saturated carbocycles. The van der Waals surface area contributed by atoms with E-state index in [1.165, 1.54) is 4.68 Å². The van der Waals surface area contributed by atoms with Crippen molar-refractivity contribution < 1.29 is 14.3 Å². The number of nitriles is 1. The first kappa shape index (κ1) is 42.7. The third-order valence-corrected chi connectivity index (χ3v) is 14.4. The third-order valence-electron chi connectivity index (χ3n) is 14.1. The molecule has 4 aromatic rings. The van der Waals surface area contributed by atoms with Crippen molar-refractivity contribution in [3.05, 3.63) is 117 Å². The summed E-state index contributed by atoms with van der Waals surface area (Å²) in [6.45, 7) is 13.9. The van der Waals surface area contributed by atoms with Gasteiger partial charge in [0.05, 0.1) is 21.7 Å². The summed E-state index contributed by atoms with van der Waals surface area (Å²) in [5, 5.41) is 25.8. The van der Waals surface area contributed by atoms with Gasteiger partial charge >= 0.3 is 0 Å². The lowest BCUT2D eigenvalue weighted by Crippen LogP contribution is -2.74. The van der Waals surface area contributed by atoms with Crippen LogP contribution in [-0.2, 0) is 4.79 Å². The molecule has 3 N–H and O–H groups in total. The number of carbonyl (C=O) groups excluding carboxylic acids is 2. The summed E-state index contributed by atoms with van der Waals surface area (Å²) in [6.07, 6.45) is 11.4. The number of fused-ring (bicyclic) bond motifs is 1. The van der Waals surface area contributed by atoms with Gasteiger partial charge in [0.2, 0.25) is 5.91 Å². The summed E-state index contributed by atoms with van der Waals surface area (Å²) >= 11 is 6.26. The Hall–Kier alpha value is -5.64. The second kappa shape index (κ2) is 17.1. The Labute approximate surface area is 374 Å². The number of nitrogens with one attached hydrogen (secondary N) is 3. The average Bonchev–Trinajstić information content (AvgIpc) is 4.14. The molecule has 9 rings (SSSR count). The van der Waals surface area contributed by atoms with E-state index in [1.54, 1.807) is 18.2 Å². The first-order chi connectivity index (χ1) is 30.3. The zero-order chi connectivity index (χ0) is 44.0. The van der Waals surface area contributed by atoms with Gasteiger partial charge in [-0.25, -0.2) is 4.68 Å². The minimum atomic E-state index is -0.640. The lowest BCUT2D eigenvalue weighted by molar-refractivity contribution is -0.164. The molecule has 3 aliphatic heterocycles. The summed E-state index contributed by atoms with van der Waals surface area (Å²) in [7, 11) is 0. The monoisotopic (exact) mass is 868 g/mol. The van der Waals surface area contributed by atoms with Crippen LogP contribution in [0.4, 0.5) is 11.4 Å². The topological polar surface area (TPSA) is 145 Å². The molecule has 4 heterocycles. The van der Waals surface area contributed by atoms with Crippen LogP contribution in [0.1, 0.15) is 99.8 Å². The van der Waals surface area contributed by atoms with Crippen LogP contribution >= 0.6 is 11.6 Å². The van der Waals surface area contributed by atoms with E-state index in [0.29, 0.717) is 52.0 Å². The SMILES string of the molecule is CC1(C)[C@H](NC(=O)c2ccc(N3CCC(/C=C/C=C4/CCC(n5nc(C6CC6)c6cc(N7CCNCC7)ccc6c5=O)C(=O)N4)CC3)cc2)C(C)(C)[C@H]1Oc1ccc(C#N)c(Cl)c1. The molecule has 0 bridgehead atoms. The fourth-order valence-electron chi connectivity index (χ4n) is 10.7. The molecular formula is C50H57ClN8O4. The maximum Gasteiger partial charge on any atom is 0.275 e. The van der Waals surface area contributed by atoms with E-state index in [4.69, 9.17) is 21.4 Å². The number of benzene rings is 3. The summed E-state index contributed by atoms with van der Waals surface area (Å²) < 4.78 is 7.85.